The number of carbonyl (C=O) groups is 6. The molecular weight excluding hydrogens is 919 g/mol. The van der Waals surface area contributed by atoms with Crippen molar-refractivity contribution in [2.75, 3.05) is 33.5 Å². The van der Waals surface area contributed by atoms with Crippen LogP contribution in [0, 0.1) is 23.2 Å². The van der Waals surface area contributed by atoms with Crippen LogP contribution in [0.25, 0.3) is 33.1 Å². The molecule has 0 radical (unpaired) electrons. The lowest BCUT2D eigenvalue weighted by atomic mass is 9.52. The van der Waals surface area contributed by atoms with Gasteiger partial charge in [-0.05, 0) is 101 Å². The number of Topliss-reactive ketones (excluding diaryl/α,β-unsaturated/α-hetero) is 4. The summed E-state index contributed by atoms with van der Waals surface area (Å²) in [6, 6.07) is 11.7. The summed E-state index contributed by atoms with van der Waals surface area (Å²) in [7, 11) is 5.91. The predicted molar refractivity (Wildman–Crippen MR) is 256 cm³/mol. The first kappa shape index (κ1) is 47.0. The Labute approximate surface area is 403 Å². The number of aromatic hydroxyl groups is 2. The topological polar surface area (TPSA) is 321 Å². The van der Waals surface area contributed by atoms with Crippen molar-refractivity contribution < 1.29 is 69.6 Å². The lowest BCUT2D eigenvalue weighted by Crippen LogP contribution is -2.81. The van der Waals surface area contributed by atoms with Crippen LogP contribution in [0.4, 0.5) is 5.69 Å². The molecular formula is C52H49N5O14. The highest BCUT2D eigenvalue weighted by atomic mass is 16.4. The van der Waals surface area contributed by atoms with Gasteiger partial charge in [-0.2, -0.15) is 0 Å². The van der Waals surface area contributed by atoms with E-state index in [1.54, 1.807) is 31.1 Å². The molecule has 19 heteroatoms. The Morgan fingerprint density at radius 1 is 0.761 bits per heavy atom. The number of anilines is 1. The molecule has 2 amide bonds. The highest BCUT2D eigenvalue weighted by Gasteiger charge is 2.76. The average Bonchev–Trinajstić information content (AvgIpc) is 3.30. The number of nitrogens with one attached hydrogen (secondary N) is 1. The molecule has 10 rings (SSSR count). The molecule has 71 heavy (non-hydrogen) atoms. The molecule has 0 heterocycles. The molecule has 366 valence electrons. The zero-order chi connectivity index (χ0) is 51.5. The molecule has 0 saturated heterocycles. The summed E-state index contributed by atoms with van der Waals surface area (Å²) in [4.78, 5) is 91.5. The van der Waals surface area contributed by atoms with Gasteiger partial charge in [0, 0.05) is 39.4 Å². The molecule has 4 aromatic rings. The number of ketones is 4. The van der Waals surface area contributed by atoms with E-state index in [9.17, 15) is 69.6 Å². The van der Waals surface area contributed by atoms with E-state index in [1.807, 2.05) is 18.2 Å². The smallest absolute Gasteiger partial charge is 0.262 e. The van der Waals surface area contributed by atoms with Crippen LogP contribution in [0.3, 0.4) is 0 Å². The second-order valence-corrected chi connectivity index (χ2v) is 20.0. The third kappa shape index (κ3) is 5.76. The monoisotopic (exact) mass is 967 g/mol. The highest BCUT2D eigenvalue weighted by Crippen LogP contribution is 2.59. The highest BCUT2D eigenvalue weighted by molar-refractivity contribution is 6.28. The van der Waals surface area contributed by atoms with Crippen LogP contribution < -0.4 is 11.1 Å². The van der Waals surface area contributed by atoms with Crippen molar-refractivity contribution in [1.82, 2.24) is 9.80 Å². The Bertz CT molecular complexity index is 3390. The van der Waals surface area contributed by atoms with Crippen molar-refractivity contribution in [3.63, 3.8) is 0 Å². The number of carbonyl (C=O) groups excluding carboxylic acids is 6. The second kappa shape index (κ2) is 15.4. The van der Waals surface area contributed by atoms with Gasteiger partial charge in [0.1, 0.15) is 46.0 Å². The number of fused-ring (bicyclic) bond motifs is 8. The SMILES string of the molecule is C=N[C@@]12[C@@H](O)[C@@H]3Cc4cc5ccc(NC(=O)C6=C(O)[C@@]7(C)C(=O)C8=C(O)c9c(cc%10ccccc%10c9O)C[C@H]8C[C@H]7[C@H](N(C)C)C6=O)cc5c(O)c4C(O)=C3C(=O)[C@]1(O)C(O)=C(C(N)=O)C(=O)[C@H]2N(C)C. The summed E-state index contributed by atoms with van der Waals surface area (Å²) in [5.74, 6) is -14.2. The van der Waals surface area contributed by atoms with E-state index < -0.39 is 133 Å². The molecule has 6 aliphatic carbocycles. The number of nitrogens with two attached hydrogens (primary N) is 1. The molecule has 0 spiro atoms. The standard InChI is InChI=1S/C52H49N5O14/c1-50-28(17-23-15-21-13-19-9-7-8-10-25(19)36(58)29(21)38(60)31(23)44(50)65)35(56(3)4)40(62)34(45(50)66)49(70)55-24-12-11-20-14-22-16-27-32(39(61)30(22)37(59)26(20)18-24)46(67)52(71)47(68)33(48(53)69)41(63)42(57(5)6)51(52,54-2)43(27)64/h7-14,18,23,27-28,35,42-43,58-61,64,66,68,71H,2,15-17H2,1,3-6H3,(H2,53,69)(H,55,70)/t23-,27+,28-,35-,42+,43-,50+,51-,52-/m0/s1. The van der Waals surface area contributed by atoms with Crippen molar-refractivity contribution in [2.24, 2.45) is 33.9 Å². The Balaban J connectivity index is 1.04. The molecule has 11 N–H and O–H groups in total. The van der Waals surface area contributed by atoms with Gasteiger partial charge in [-0.15, -0.1) is 0 Å². The molecule has 0 bridgehead atoms. The fraction of sp³-hybridized carbons (Fsp3) is 0.327. The van der Waals surface area contributed by atoms with E-state index in [0.717, 1.165) is 5.39 Å². The number of phenolic OH excluding ortho intramolecular Hbond substituents is 2. The van der Waals surface area contributed by atoms with Crippen LogP contribution >= 0.6 is 0 Å². The molecule has 0 unspecified atom stereocenters. The van der Waals surface area contributed by atoms with Crippen LogP contribution in [0.1, 0.15) is 35.6 Å². The average molecular weight is 968 g/mol. The molecule has 19 nitrogen and oxygen atoms in total. The van der Waals surface area contributed by atoms with Gasteiger partial charge in [-0.25, -0.2) is 0 Å². The summed E-state index contributed by atoms with van der Waals surface area (Å²) in [6.07, 6.45) is -1.95. The number of benzene rings is 4. The zero-order valence-corrected chi connectivity index (χ0v) is 38.9. The number of aliphatic hydroxyl groups excluding tert-OH is 5. The largest absolute Gasteiger partial charge is 0.510 e. The van der Waals surface area contributed by atoms with Gasteiger partial charge in [-0.3, -0.25) is 43.6 Å². The summed E-state index contributed by atoms with van der Waals surface area (Å²) in [5, 5.41) is 99.1. The Hall–Kier alpha value is -7.71. The number of hydrogen-bond acceptors (Lipinski definition) is 17. The van der Waals surface area contributed by atoms with Gasteiger partial charge < -0.3 is 51.9 Å². The van der Waals surface area contributed by atoms with Crippen molar-refractivity contribution >= 4 is 80.4 Å². The van der Waals surface area contributed by atoms with Gasteiger partial charge in [0.15, 0.2) is 28.6 Å². The minimum absolute atomic E-state index is 0.0256. The number of primary amides is 1. The number of aliphatic hydroxyl groups is 6. The van der Waals surface area contributed by atoms with E-state index in [0.29, 0.717) is 16.3 Å². The van der Waals surface area contributed by atoms with Crippen molar-refractivity contribution in [2.45, 2.75) is 55.5 Å². The first-order chi connectivity index (χ1) is 33.4. The maximum atomic E-state index is 14.9. The summed E-state index contributed by atoms with van der Waals surface area (Å²) >= 11 is 0. The Kier molecular flexibility index (Phi) is 10.2. The van der Waals surface area contributed by atoms with E-state index in [-0.39, 0.29) is 58.3 Å². The van der Waals surface area contributed by atoms with Gasteiger partial charge in [-0.1, -0.05) is 42.5 Å². The van der Waals surface area contributed by atoms with E-state index >= 15 is 0 Å². The van der Waals surface area contributed by atoms with Crippen LogP contribution in [0.5, 0.6) is 11.5 Å². The Morgan fingerprint density at radius 3 is 1.99 bits per heavy atom. The normalized spacial score (nSPS) is 30.3. The molecule has 0 aliphatic heterocycles. The number of likely N-dealkylation sites (N-methyl/N-ethyl adjacent to an activating group) is 2. The number of phenols is 2. The Morgan fingerprint density at radius 2 is 1.37 bits per heavy atom. The fourth-order valence-corrected chi connectivity index (χ4v) is 12.9. The van der Waals surface area contributed by atoms with Crippen LogP contribution in [-0.4, -0.2) is 150 Å². The molecule has 2 saturated carbocycles. The van der Waals surface area contributed by atoms with Crippen LogP contribution in [-0.2, 0) is 41.6 Å². The van der Waals surface area contributed by atoms with E-state index in [2.05, 4.69) is 17.0 Å². The van der Waals surface area contributed by atoms with Crippen molar-refractivity contribution in [1.29, 1.82) is 0 Å². The van der Waals surface area contributed by atoms with Crippen LogP contribution in [0.15, 0.2) is 93.4 Å². The maximum absolute atomic E-state index is 14.9. The predicted octanol–water partition coefficient (Wildman–Crippen LogP) is 2.77. The first-order valence-corrected chi connectivity index (χ1v) is 22.7. The maximum Gasteiger partial charge on any atom is 0.262 e. The zero-order valence-electron chi connectivity index (χ0n) is 38.9. The lowest BCUT2D eigenvalue weighted by molar-refractivity contribution is -0.174. The molecule has 0 aromatic heterocycles. The number of allylic oxidation sites excluding steroid dienone is 2. The number of rotatable bonds is 6. The van der Waals surface area contributed by atoms with Gasteiger partial charge in [0.2, 0.25) is 11.4 Å². The minimum Gasteiger partial charge on any atom is -0.510 e. The second-order valence-electron chi connectivity index (χ2n) is 20.0. The molecule has 2 fully saturated rings. The number of nitrogens with zero attached hydrogens (tertiary/aromatic N) is 3. The number of amides is 2. The van der Waals surface area contributed by atoms with E-state index in [4.69, 9.17) is 5.73 Å². The first-order valence-electron chi connectivity index (χ1n) is 22.7. The summed E-state index contributed by atoms with van der Waals surface area (Å²) in [5.41, 5.74) is -4.55. The minimum atomic E-state index is -3.39. The van der Waals surface area contributed by atoms with Crippen molar-refractivity contribution in [3.8, 4) is 11.5 Å². The number of aliphatic imine (C=N–C) groups is 1. The third-order valence-electron chi connectivity index (χ3n) is 16.1. The lowest BCUT2D eigenvalue weighted by Gasteiger charge is -2.58. The quantitative estimate of drug-likeness (QED) is 0.0981. The van der Waals surface area contributed by atoms with Gasteiger partial charge in [0.25, 0.3) is 11.8 Å². The summed E-state index contributed by atoms with van der Waals surface area (Å²) in [6.45, 7) is 4.91. The molecule has 4 aromatic carbocycles. The molecule has 9 atom stereocenters. The van der Waals surface area contributed by atoms with Gasteiger partial charge >= 0.3 is 0 Å². The third-order valence-corrected chi connectivity index (χ3v) is 16.1. The van der Waals surface area contributed by atoms with E-state index in [1.165, 1.54) is 50.2 Å². The van der Waals surface area contributed by atoms with Gasteiger partial charge in [0.05, 0.1) is 28.7 Å². The molecule has 6 aliphatic rings. The fourth-order valence-electron chi connectivity index (χ4n) is 12.9. The van der Waals surface area contributed by atoms with Crippen LogP contribution in [0.2, 0.25) is 0 Å². The summed E-state index contributed by atoms with van der Waals surface area (Å²) < 4.78 is 0. The number of hydrogen-bond donors (Lipinski definition) is 10. The van der Waals surface area contributed by atoms with Crippen molar-refractivity contribution in [3.05, 3.63) is 111 Å².